The molecule has 3 aliphatic heterocycles. The second kappa shape index (κ2) is 8.51. The van der Waals surface area contributed by atoms with Gasteiger partial charge in [0.25, 0.3) is 5.91 Å². The number of piperidine rings is 1. The third kappa shape index (κ3) is 4.32. The highest BCUT2D eigenvalue weighted by atomic mass is 35.5. The van der Waals surface area contributed by atoms with Crippen molar-refractivity contribution in [3.63, 3.8) is 0 Å². The molecule has 3 aliphatic rings. The smallest absolute Gasteiger partial charge is 0.253 e. The second-order valence-electron chi connectivity index (χ2n) is 7.86. The van der Waals surface area contributed by atoms with Gasteiger partial charge >= 0.3 is 0 Å². The number of carbonyl (C=O) groups is 1. The number of hydrogen-bond donors (Lipinski definition) is 0. The third-order valence-corrected chi connectivity index (χ3v) is 8.37. The molecular formula is C20H27ClN2O5S. The maximum Gasteiger partial charge on any atom is 0.253 e. The summed E-state index contributed by atoms with van der Waals surface area (Å²) in [6, 6.07) is 4.53. The van der Waals surface area contributed by atoms with Crippen LogP contribution in [0.4, 0.5) is 0 Å². The van der Waals surface area contributed by atoms with Crippen molar-refractivity contribution in [3.05, 3.63) is 28.8 Å². The summed E-state index contributed by atoms with van der Waals surface area (Å²) in [4.78, 5) is 14.8. The van der Waals surface area contributed by atoms with E-state index in [1.54, 1.807) is 11.0 Å². The fraction of sp³-hybridized carbons (Fsp3) is 0.650. The lowest BCUT2D eigenvalue weighted by atomic mass is 10.0. The molecule has 160 valence electrons. The lowest BCUT2D eigenvalue weighted by Crippen LogP contribution is -2.47. The Morgan fingerprint density at radius 1 is 0.966 bits per heavy atom. The predicted octanol–water partition coefficient (Wildman–Crippen LogP) is 2.88. The molecule has 1 amide bonds. The van der Waals surface area contributed by atoms with E-state index in [1.807, 2.05) is 0 Å². The zero-order valence-electron chi connectivity index (χ0n) is 16.4. The fourth-order valence-corrected chi connectivity index (χ4v) is 6.29. The van der Waals surface area contributed by atoms with E-state index in [9.17, 15) is 13.2 Å². The molecule has 3 fully saturated rings. The number of ether oxygens (including phenoxy) is 2. The Morgan fingerprint density at radius 3 is 2.21 bits per heavy atom. The van der Waals surface area contributed by atoms with Gasteiger partial charge in [0.15, 0.2) is 5.79 Å². The molecule has 0 N–H and O–H groups in total. The maximum absolute atomic E-state index is 13.2. The van der Waals surface area contributed by atoms with Crippen LogP contribution in [-0.2, 0) is 19.5 Å². The minimum atomic E-state index is -3.73. The molecule has 1 spiro atoms. The summed E-state index contributed by atoms with van der Waals surface area (Å²) in [7, 11) is -3.73. The van der Waals surface area contributed by atoms with Crippen molar-refractivity contribution in [2.24, 2.45) is 0 Å². The summed E-state index contributed by atoms with van der Waals surface area (Å²) >= 11 is 6.25. The van der Waals surface area contributed by atoms with Crippen LogP contribution in [0.25, 0.3) is 0 Å². The van der Waals surface area contributed by atoms with E-state index in [4.69, 9.17) is 21.1 Å². The number of rotatable bonds is 3. The SMILES string of the molecule is O=C(c1ccc(Cl)c(S(=O)(=O)N2CCCCCC2)c1)N1CCC2(CC1)OCCO2. The summed E-state index contributed by atoms with van der Waals surface area (Å²) in [5, 5.41) is 0.149. The maximum atomic E-state index is 13.2. The molecule has 9 heteroatoms. The third-order valence-electron chi connectivity index (χ3n) is 5.99. The minimum Gasteiger partial charge on any atom is -0.347 e. The molecule has 3 heterocycles. The molecule has 0 bridgehead atoms. The van der Waals surface area contributed by atoms with Crippen LogP contribution in [0, 0.1) is 0 Å². The van der Waals surface area contributed by atoms with Crippen LogP contribution in [0.2, 0.25) is 5.02 Å². The molecule has 0 atom stereocenters. The van der Waals surface area contributed by atoms with Crippen LogP contribution in [0.1, 0.15) is 48.9 Å². The molecule has 0 radical (unpaired) electrons. The van der Waals surface area contributed by atoms with Crippen molar-refractivity contribution < 1.29 is 22.7 Å². The standard InChI is InChI=1S/C20H27ClN2O5S/c21-17-6-5-16(15-18(17)29(25,26)23-9-3-1-2-4-10-23)19(24)22-11-7-20(8-12-22)27-13-14-28-20/h5-6,15H,1-4,7-14H2. The summed E-state index contributed by atoms with van der Waals surface area (Å²) in [5.41, 5.74) is 0.340. The minimum absolute atomic E-state index is 0.0165. The highest BCUT2D eigenvalue weighted by Crippen LogP contribution is 2.33. The molecule has 0 aromatic heterocycles. The molecular weight excluding hydrogens is 416 g/mol. The van der Waals surface area contributed by atoms with Crippen LogP contribution in [0.5, 0.6) is 0 Å². The quantitative estimate of drug-likeness (QED) is 0.719. The van der Waals surface area contributed by atoms with Crippen LogP contribution in [-0.4, -0.2) is 68.7 Å². The van der Waals surface area contributed by atoms with Crippen molar-refractivity contribution in [3.8, 4) is 0 Å². The molecule has 1 aromatic carbocycles. The second-order valence-corrected chi connectivity index (χ2v) is 10.2. The summed E-state index contributed by atoms with van der Waals surface area (Å²) in [6.45, 7) is 3.17. The Morgan fingerprint density at radius 2 is 1.59 bits per heavy atom. The Labute approximate surface area is 176 Å². The number of halogens is 1. The van der Waals surface area contributed by atoms with E-state index in [2.05, 4.69) is 0 Å². The summed E-state index contributed by atoms with van der Waals surface area (Å²) < 4.78 is 39.2. The van der Waals surface area contributed by atoms with Gasteiger partial charge in [-0.05, 0) is 31.0 Å². The fourth-order valence-electron chi connectivity index (χ4n) is 4.27. The highest BCUT2D eigenvalue weighted by Gasteiger charge is 2.41. The average Bonchev–Trinajstić information content (AvgIpc) is 2.99. The lowest BCUT2D eigenvalue weighted by Gasteiger charge is -2.37. The van der Waals surface area contributed by atoms with E-state index in [0.717, 1.165) is 25.7 Å². The molecule has 7 nitrogen and oxygen atoms in total. The van der Waals surface area contributed by atoms with Crippen LogP contribution in [0.3, 0.4) is 0 Å². The molecule has 1 aromatic rings. The summed E-state index contributed by atoms with van der Waals surface area (Å²) in [5.74, 6) is -0.750. The molecule has 3 saturated heterocycles. The molecule has 0 saturated carbocycles. The Balaban J connectivity index is 1.52. The largest absolute Gasteiger partial charge is 0.347 e. The predicted molar refractivity (Wildman–Crippen MR) is 108 cm³/mol. The van der Waals surface area contributed by atoms with Gasteiger partial charge in [0.2, 0.25) is 10.0 Å². The monoisotopic (exact) mass is 442 g/mol. The Bertz CT molecular complexity index is 852. The van der Waals surface area contributed by atoms with Gasteiger partial charge in [-0.15, -0.1) is 0 Å². The van der Waals surface area contributed by atoms with E-state index in [1.165, 1.54) is 16.4 Å². The van der Waals surface area contributed by atoms with Gasteiger partial charge in [0.05, 0.1) is 18.2 Å². The first-order valence-corrected chi connectivity index (χ1v) is 12.1. The van der Waals surface area contributed by atoms with E-state index in [0.29, 0.717) is 57.8 Å². The first kappa shape index (κ1) is 21.1. The Kier molecular flexibility index (Phi) is 6.18. The Hall–Kier alpha value is -1.19. The zero-order chi connectivity index (χ0) is 20.5. The van der Waals surface area contributed by atoms with Gasteiger partial charge in [-0.1, -0.05) is 24.4 Å². The number of likely N-dealkylation sites (tertiary alicyclic amines) is 1. The first-order valence-electron chi connectivity index (χ1n) is 10.3. The van der Waals surface area contributed by atoms with Gasteiger partial charge in [0.1, 0.15) is 4.90 Å². The van der Waals surface area contributed by atoms with Gasteiger partial charge in [0, 0.05) is 44.6 Å². The van der Waals surface area contributed by atoms with Crippen molar-refractivity contribution in [1.29, 1.82) is 0 Å². The highest BCUT2D eigenvalue weighted by molar-refractivity contribution is 7.89. The molecule has 0 unspecified atom stereocenters. The van der Waals surface area contributed by atoms with Gasteiger partial charge in [-0.3, -0.25) is 4.79 Å². The zero-order valence-corrected chi connectivity index (χ0v) is 18.0. The van der Waals surface area contributed by atoms with Crippen LogP contribution >= 0.6 is 11.6 Å². The van der Waals surface area contributed by atoms with Gasteiger partial charge in [-0.2, -0.15) is 4.31 Å². The van der Waals surface area contributed by atoms with Crippen molar-refractivity contribution in [2.75, 3.05) is 39.4 Å². The average molecular weight is 443 g/mol. The number of benzene rings is 1. The lowest BCUT2D eigenvalue weighted by molar-refractivity contribution is -0.181. The van der Waals surface area contributed by atoms with Crippen LogP contribution < -0.4 is 0 Å². The number of hydrogen-bond acceptors (Lipinski definition) is 5. The number of sulfonamides is 1. The number of amides is 1. The molecule has 29 heavy (non-hydrogen) atoms. The topological polar surface area (TPSA) is 76.2 Å². The van der Waals surface area contributed by atoms with Crippen molar-refractivity contribution >= 4 is 27.5 Å². The normalized spacial score (nSPS) is 23.3. The number of carbonyl (C=O) groups excluding carboxylic acids is 1. The van der Waals surface area contributed by atoms with Crippen molar-refractivity contribution in [2.45, 2.75) is 49.2 Å². The van der Waals surface area contributed by atoms with E-state index in [-0.39, 0.29) is 15.8 Å². The molecule has 4 rings (SSSR count). The van der Waals surface area contributed by atoms with Crippen molar-refractivity contribution in [1.82, 2.24) is 9.21 Å². The number of nitrogens with zero attached hydrogens (tertiary/aromatic N) is 2. The van der Waals surface area contributed by atoms with E-state index >= 15 is 0 Å². The van der Waals surface area contributed by atoms with Gasteiger partial charge in [-0.25, -0.2) is 8.42 Å². The summed E-state index contributed by atoms with van der Waals surface area (Å²) in [6.07, 6.45) is 4.98. The first-order chi connectivity index (χ1) is 13.9. The molecule has 0 aliphatic carbocycles. The van der Waals surface area contributed by atoms with E-state index < -0.39 is 15.8 Å². The van der Waals surface area contributed by atoms with Crippen LogP contribution in [0.15, 0.2) is 23.1 Å². The van der Waals surface area contributed by atoms with Gasteiger partial charge < -0.3 is 14.4 Å².